The summed E-state index contributed by atoms with van der Waals surface area (Å²) in [5, 5.41) is 28.4. The Bertz CT molecular complexity index is 169. The lowest BCUT2D eigenvalue weighted by molar-refractivity contribution is 0.0229. The zero-order valence-electron chi connectivity index (χ0n) is 7.09. The van der Waals surface area contributed by atoms with Gasteiger partial charge < -0.3 is 15.3 Å². The van der Waals surface area contributed by atoms with Gasteiger partial charge in [-0.05, 0) is 13.3 Å². The van der Waals surface area contributed by atoms with Crippen molar-refractivity contribution in [1.82, 2.24) is 4.90 Å². The molecule has 0 unspecified atom stereocenters. The third kappa shape index (κ3) is 0.992. The Labute approximate surface area is 71.4 Å². The van der Waals surface area contributed by atoms with Gasteiger partial charge in [0.1, 0.15) is 0 Å². The first-order valence-electron chi connectivity index (χ1n) is 4.41. The minimum absolute atomic E-state index is 0.0258. The number of aliphatic hydroxyl groups excluding tert-OH is 3. The van der Waals surface area contributed by atoms with Crippen LogP contribution in [-0.2, 0) is 0 Å². The van der Waals surface area contributed by atoms with Crippen LogP contribution in [0.2, 0.25) is 0 Å². The van der Waals surface area contributed by atoms with Crippen molar-refractivity contribution < 1.29 is 15.3 Å². The Balaban J connectivity index is 2.15. The maximum atomic E-state index is 9.55. The zero-order valence-corrected chi connectivity index (χ0v) is 7.09. The van der Waals surface area contributed by atoms with Crippen molar-refractivity contribution in [2.75, 3.05) is 6.54 Å². The molecule has 70 valence electrons. The van der Waals surface area contributed by atoms with Crippen molar-refractivity contribution in [2.24, 2.45) is 0 Å². The van der Waals surface area contributed by atoms with Crippen LogP contribution in [0.15, 0.2) is 0 Å². The lowest BCUT2D eigenvalue weighted by Gasteiger charge is -2.19. The van der Waals surface area contributed by atoms with E-state index in [-0.39, 0.29) is 18.2 Å². The van der Waals surface area contributed by atoms with Crippen LogP contribution in [0.1, 0.15) is 13.3 Å². The average Bonchev–Trinajstić information content (AvgIpc) is 2.49. The van der Waals surface area contributed by atoms with Gasteiger partial charge in [0.2, 0.25) is 0 Å². The summed E-state index contributed by atoms with van der Waals surface area (Å²) in [4.78, 5) is 1.99. The van der Waals surface area contributed by atoms with E-state index in [0.29, 0.717) is 13.0 Å². The van der Waals surface area contributed by atoms with Crippen LogP contribution >= 0.6 is 0 Å². The molecule has 5 atom stereocenters. The molecule has 0 aromatic carbocycles. The third-order valence-electron chi connectivity index (χ3n) is 3.12. The maximum absolute atomic E-state index is 9.55. The molecule has 2 fully saturated rings. The zero-order chi connectivity index (χ0) is 8.88. The maximum Gasteiger partial charge on any atom is 0.0970 e. The highest BCUT2D eigenvalue weighted by Crippen LogP contribution is 2.32. The van der Waals surface area contributed by atoms with Gasteiger partial charge in [0.05, 0.1) is 18.3 Å². The predicted molar refractivity (Wildman–Crippen MR) is 42.6 cm³/mol. The molecule has 3 N–H and O–H groups in total. The quantitative estimate of drug-likeness (QED) is 0.419. The molecule has 4 heteroatoms. The van der Waals surface area contributed by atoms with Crippen LogP contribution < -0.4 is 0 Å². The summed E-state index contributed by atoms with van der Waals surface area (Å²) in [7, 11) is 0. The van der Waals surface area contributed by atoms with E-state index in [1.165, 1.54) is 0 Å². The minimum atomic E-state index is -0.683. The summed E-state index contributed by atoms with van der Waals surface area (Å²) in [5.74, 6) is 0. The molecule has 0 spiro atoms. The minimum Gasteiger partial charge on any atom is -0.392 e. The predicted octanol–water partition coefficient (Wildman–Crippen LogP) is -1.45. The van der Waals surface area contributed by atoms with Crippen molar-refractivity contribution >= 4 is 0 Å². The van der Waals surface area contributed by atoms with E-state index in [0.717, 1.165) is 0 Å². The highest BCUT2D eigenvalue weighted by atomic mass is 16.3. The molecule has 2 saturated heterocycles. The molecule has 0 aliphatic carbocycles. The Hall–Kier alpha value is -0.160. The summed E-state index contributed by atoms with van der Waals surface area (Å²) in [6.07, 6.45) is -1.08. The molecule has 0 aromatic rings. The molecule has 2 aliphatic rings. The van der Waals surface area contributed by atoms with E-state index < -0.39 is 12.2 Å². The summed E-state index contributed by atoms with van der Waals surface area (Å²) in [6, 6.07) is -0.0628. The van der Waals surface area contributed by atoms with Crippen molar-refractivity contribution in [3.8, 4) is 0 Å². The largest absolute Gasteiger partial charge is 0.392 e. The topological polar surface area (TPSA) is 63.9 Å². The molecule has 0 radical (unpaired) electrons. The van der Waals surface area contributed by atoms with Gasteiger partial charge in [-0.15, -0.1) is 0 Å². The molecule has 2 aliphatic heterocycles. The second-order valence-electron chi connectivity index (χ2n) is 3.88. The summed E-state index contributed by atoms with van der Waals surface area (Å²) >= 11 is 0. The number of nitrogens with zero attached hydrogens (tertiary/aromatic N) is 1. The molecular weight excluding hydrogens is 158 g/mol. The first-order chi connectivity index (χ1) is 5.61. The highest BCUT2D eigenvalue weighted by Gasteiger charge is 2.49. The fraction of sp³-hybridized carbons (Fsp3) is 1.00. The smallest absolute Gasteiger partial charge is 0.0970 e. The lowest BCUT2D eigenvalue weighted by atomic mass is 10.0. The van der Waals surface area contributed by atoms with Gasteiger partial charge in [0, 0.05) is 18.6 Å². The second-order valence-corrected chi connectivity index (χ2v) is 3.88. The fourth-order valence-electron chi connectivity index (χ4n) is 2.38. The number of hydrogen-bond acceptors (Lipinski definition) is 4. The summed E-state index contributed by atoms with van der Waals surface area (Å²) in [6.45, 7) is 2.46. The summed E-state index contributed by atoms with van der Waals surface area (Å²) < 4.78 is 0. The molecule has 4 nitrogen and oxygen atoms in total. The first kappa shape index (κ1) is 8.44. The van der Waals surface area contributed by atoms with Gasteiger partial charge in [0.15, 0.2) is 0 Å². The number of hydrogen-bond donors (Lipinski definition) is 3. The lowest BCUT2D eigenvalue weighted by Crippen LogP contribution is -2.34. The first-order valence-corrected chi connectivity index (χ1v) is 4.41. The van der Waals surface area contributed by atoms with Crippen molar-refractivity contribution in [3.63, 3.8) is 0 Å². The molecular formula is C8H15NO3. The molecule has 12 heavy (non-hydrogen) atoms. The Morgan fingerprint density at radius 3 is 2.42 bits per heavy atom. The number of aliphatic hydroxyl groups is 3. The van der Waals surface area contributed by atoms with E-state index in [2.05, 4.69) is 0 Å². The van der Waals surface area contributed by atoms with E-state index >= 15 is 0 Å². The molecule has 2 rings (SSSR count). The SMILES string of the molecule is C[C@H]1[C@@H](O)[C@@H](O)[C@@H]2C[C@H](O)CN12. The molecule has 0 aromatic heterocycles. The van der Waals surface area contributed by atoms with E-state index in [4.69, 9.17) is 0 Å². The number of rotatable bonds is 0. The monoisotopic (exact) mass is 173 g/mol. The van der Waals surface area contributed by atoms with E-state index in [1.807, 2.05) is 11.8 Å². The van der Waals surface area contributed by atoms with Crippen molar-refractivity contribution in [1.29, 1.82) is 0 Å². The highest BCUT2D eigenvalue weighted by molar-refractivity contribution is 5.04. The van der Waals surface area contributed by atoms with Gasteiger partial charge in [-0.1, -0.05) is 0 Å². The van der Waals surface area contributed by atoms with Gasteiger partial charge in [0.25, 0.3) is 0 Å². The van der Waals surface area contributed by atoms with Crippen LogP contribution in [0.25, 0.3) is 0 Å². The van der Waals surface area contributed by atoms with Gasteiger partial charge in [-0.25, -0.2) is 0 Å². The van der Waals surface area contributed by atoms with Crippen LogP contribution in [-0.4, -0.2) is 57.2 Å². The summed E-state index contributed by atoms with van der Waals surface area (Å²) in [5.41, 5.74) is 0. The number of fused-ring (bicyclic) bond motifs is 1. The van der Waals surface area contributed by atoms with Gasteiger partial charge >= 0.3 is 0 Å². The van der Waals surface area contributed by atoms with Gasteiger partial charge in [-0.3, -0.25) is 4.90 Å². The third-order valence-corrected chi connectivity index (χ3v) is 3.12. The average molecular weight is 173 g/mol. The van der Waals surface area contributed by atoms with Crippen molar-refractivity contribution in [2.45, 2.75) is 43.7 Å². The van der Waals surface area contributed by atoms with E-state index in [1.54, 1.807) is 0 Å². The van der Waals surface area contributed by atoms with Gasteiger partial charge in [-0.2, -0.15) is 0 Å². The van der Waals surface area contributed by atoms with Crippen LogP contribution in [0.3, 0.4) is 0 Å². The normalized spacial score (nSPS) is 54.5. The molecule has 0 amide bonds. The second kappa shape index (κ2) is 2.67. The van der Waals surface area contributed by atoms with Crippen LogP contribution in [0, 0.1) is 0 Å². The molecule has 0 saturated carbocycles. The van der Waals surface area contributed by atoms with E-state index in [9.17, 15) is 15.3 Å². The standard InChI is InChI=1S/C8H15NO3/c1-4-7(11)8(12)6-2-5(10)3-9(4)6/h4-8,10-12H,2-3H2,1H3/t4-,5-,6-,7+,8-/m0/s1. The van der Waals surface area contributed by atoms with Crippen molar-refractivity contribution in [3.05, 3.63) is 0 Å². The molecule has 2 heterocycles. The molecule has 0 bridgehead atoms. The fourth-order valence-corrected chi connectivity index (χ4v) is 2.38. The van der Waals surface area contributed by atoms with Crippen LogP contribution in [0.4, 0.5) is 0 Å². The van der Waals surface area contributed by atoms with Crippen LogP contribution in [0.5, 0.6) is 0 Å². The Morgan fingerprint density at radius 2 is 1.83 bits per heavy atom. The Morgan fingerprint density at radius 1 is 1.17 bits per heavy atom. The Kier molecular flexibility index (Phi) is 1.88.